The lowest BCUT2D eigenvalue weighted by molar-refractivity contribution is -0.142. The Labute approximate surface area is 222 Å². The Hall–Kier alpha value is -3.79. The molecule has 202 valence electrons. The minimum Gasteiger partial charge on any atom is -0.480 e. The maximum absolute atomic E-state index is 13.4. The molecule has 38 heavy (non-hydrogen) atoms. The largest absolute Gasteiger partial charge is 0.480 e. The summed E-state index contributed by atoms with van der Waals surface area (Å²) in [6.07, 6.45) is 6.58. The molecular formula is C28H35N5O5. The predicted octanol–water partition coefficient (Wildman–Crippen LogP) is 1.05. The van der Waals surface area contributed by atoms with Crippen LogP contribution in [0.1, 0.15) is 43.2 Å². The summed E-state index contributed by atoms with van der Waals surface area (Å²) in [6, 6.07) is 10.4. The third kappa shape index (κ3) is 7.38. The zero-order chi connectivity index (χ0) is 26.9. The summed E-state index contributed by atoms with van der Waals surface area (Å²) in [7, 11) is 0. The van der Waals surface area contributed by atoms with Gasteiger partial charge in [-0.1, -0.05) is 36.4 Å². The van der Waals surface area contributed by atoms with Gasteiger partial charge >= 0.3 is 5.97 Å². The van der Waals surface area contributed by atoms with Crippen molar-refractivity contribution in [3.63, 3.8) is 0 Å². The van der Waals surface area contributed by atoms with E-state index in [4.69, 9.17) is 0 Å². The van der Waals surface area contributed by atoms with Crippen LogP contribution in [-0.4, -0.2) is 75.9 Å². The van der Waals surface area contributed by atoms with Crippen molar-refractivity contribution >= 4 is 23.7 Å². The van der Waals surface area contributed by atoms with Crippen molar-refractivity contribution in [1.29, 1.82) is 0 Å². The second kappa shape index (κ2) is 13.1. The average Bonchev–Trinajstić information content (AvgIpc) is 3.62. The van der Waals surface area contributed by atoms with Crippen LogP contribution in [-0.2, 0) is 32.0 Å². The Morgan fingerprint density at radius 1 is 1.00 bits per heavy atom. The molecule has 2 aliphatic heterocycles. The highest BCUT2D eigenvalue weighted by Crippen LogP contribution is 2.21. The van der Waals surface area contributed by atoms with Crippen LogP contribution in [0.3, 0.4) is 0 Å². The number of aromatic nitrogens is 1. The number of rotatable bonds is 11. The second-order valence-corrected chi connectivity index (χ2v) is 9.96. The van der Waals surface area contributed by atoms with Crippen LogP contribution in [0.4, 0.5) is 0 Å². The molecule has 3 heterocycles. The van der Waals surface area contributed by atoms with Crippen molar-refractivity contribution in [1.82, 2.24) is 25.8 Å². The molecule has 0 saturated carbocycles. The molecule has 1 aromatic heterocycles. The zero-order valence-electron chi connectivity index (χ0n) is 21.3. The lowest BCUT2D eigenvalue weighted by Crippen LogP contribution is -2.53. The van der Waals surface area contributed by atoms with E-state index in [9.17, 15) is 24.3 Å². The number of hydrogen-bond donors (Lipinski definition) is 4. The van der Waals surface area contributed by atoms with Gasteiger partial charge in [-0.25, -0.2) is 4.79 Å². The molecule has 0 unspecified atom stereocenters. The van der Waals surface area contributed by atoms with Crippen LogP contribution in [0.15, 0.2) is 54.9 Å². The topological polar surface area (TPSA) is 141 Å². The number of carboxylic acid groups (broad SMARTS) is 1. The maximum atomic E-state index is 13.4. The highest BCUT2D eigenvalue weighted by Gasteiger charge is 2.38. The Morgan fingerprint density at radius 2 is 1.79 bits per heavy atom. The third-order valence-electron chi connectivity index (χ3n) is 7.10. The number of likely N-dealkylation sites (tertiary alicyclic amines) is 1. The van der Waals surface area contributed by atoms with Gasteiger partial charge in [0.05, 0.1) is 6.04 Å². The lowest BCUT2D eigenvalue weighted by Gasteiger charge is -2.28. The number of carbonyl (C=O) groups excluding carboxylic acids is 3. The van der Waals surface area contributed by atoms with Gasteiger partial charge in [0.15, 0.2) is 0 Å². The molecule has 4 rings (SSSR count). The molecule has 2 aromatic rings. The van der Waals surface area contributed by atoms with E-state index in [2.05, 4.69) is 20.9 Å². The summed E-state index contributed by atoms with van der Waals surface area (Å²) in [4.78, 5) is 56.9. The minimum absolute atomic E-state index is 0.0443. The molecule has 4 N–H and O–H groups in total. The molecule has 0 aliphatic carbocycles. The van der Waals surface area contributed by atoms with Gasteiger partial charge in [-0.2, -0.15) is 0 Å². The summed E-state index contributed by atoms with van der Waals surface area (Å²) >= 11 is 0. The van der Waals surface area contributed by atoms with Crippen molar-refractivity contribution in [2.45, 2.75) is 69.1 Å². The fourth-order valence-corrected chi connectivity index (χ4v) is 5.20. The van der Waals surface area contributed by atoms with E-state index in [1.54, 1.807) is 29.4 Å². The Bertz CT molecular complexity index is 1110. The van der Waals surface area contributed by atoms with E-state index in [0.29, 0.717) is 24.9 Å². The number of carboxylic acids is 1. The summed E-state index contributed by atoms with van der Waals surface area (Å²) in [5.41, 5.74) is 1.63. The Morgan fingerprint density at radius 3 is 2.47 bits per heavy atom. The SMILES string of the molecule is O=C(C[C@H](Cc1ccccc1)NC(=O)[C@@H]1CCCN1C(=O)[C@@H]1CCCN1)N[C@@H](Cc1cccnc1)C(=O)O. The van der Waals surface area contributed by atoms with Crippen molar-refractivity contribution < 1.29 is 24.3 Å². The van der Waals surface area contributed by atoms with Gasteiger partial charge in [-0.15, -0.1) is 0 Å². The van der Waals surface area contributed by atoms with E-state index in [0.717, 1.165) is 31.4 Å². The van der Waals surface area contributed by atoms with Gasteiger partial charge in [-0.05, 0) is 55.8 Å². The number of hydrogen-bond acceptors (Lipinski definition) is 6. The molecule has 10 nitrogen and oxygen atoms in total. The maximum Gasteiger partial charge on any atom is 0.326 e. The first-order chi connectivity index (χ1) is 18.4. The number of nitrogens with zero attached hydrogens (tertiary/aromatic N) is 2. The van der Waals surface area contributed by atoms with Gasteiger partial charge in [0.1, 0.15) is 12.1 Å². The molecule has 0 spiro atoms. The molecule has 2 aliphatic rings. The minimum atomic E-state index is -1.15. The summed E-state index contributed by atoms with van der Waals surface area (Å²) in [5, 5.41) is 18.5. The Kier molecular flexibility index (Phi) is 9.42. The van der Waals surface area contributed by atoms with Crippen LogP contribution in [0.5, 0.6) is 0 Å². The zero-order valence-corrected chi connectivity index (χ0v) is 21.3. The average molecular weight is 522 g/mol. The molecule has 3 amide bonds. The van der Waals surface area contributed by atoms with E-state index in [-0.39, 0.29) is 30.7 Å². The van der Waals surface area contributed by atoms with Gasteiger partial charge in [0, 0.05) is 37.8 Å². The van der Waals surface area contributed by atoms with Crippen LogP contribution >= 0.6 is 0 Å². The number of nitrogens with one attached hydrogen (secondary N) is 3. The van der Waals surface area contributed by atoms with E-state index < -0.39 is 30.0 Å². The van der Waals surface area contributed by atoms with Crippen LogP contribution < -0.4 is 16.0 Å². The van der Waals surface area contributed by atoms with E-state index in [1.165, 1.54) is 0 Å². The fourth-order valence-electron chi connectivity index (χ4n) is 5.20. The number of carbonyl (C=O) groups is 4. The molecular weight excluding hydrogens is 486 g/mol. The number of benzene rings is 1. The number of amides is 3. The molecule has 10 heteroatoms. The van der Waals surface area contributed by atoms with Crippen molar-refractivity contribution in [2.75, 3.05) is 13.1 Å². The first-order valence-electron chi connectivity index (χ1n) is 13.2. The molecule has 0 bridgehead atoms. The van der Waals surface area contributed by atoms with Crippen molar-refractivity contribution in [3.05, 3.63) is 66.0 Å². The van der Waals surface area contributed by atoms with Gasteiger partial charge in [0.25, 0.3) is 0 Å². The fraction of sp³-hybridized carbons (Fsp3) is 0.464. The van der Waals surface area contributed by atoms with E-state index >= 15 is 0 Å². The highest BCUT2D eigenvalue weighted by molar-refractivity contribution is 5.91. The van der Waals surface area contributed by atoms with Crippen molar-refractivity contribution in [2.24, 2.45) is 0 Å². The van der Waals surface area contributed by atoms with Crippen LogP contribution in [0.2, 0.25) is 0 Å². The van der Waals surface area contributed by atoms with Crippen LogP contribution in [0, 0.1) is 0 Å². The van der Waals surface area contributed by atoms with Crippen LogP contribution in [0.25, 0.3) is 0 Å². The summed E-state index contributed by atoms with van der Waals surface area (Å²) in [6.45, 7) is 1.33. The third-order valence-corrected chi connectivity index (χ3v) is 7.10. The van der Waals surface area contributed by atoms with Crippen molar-refractivity contribution in [3.8, 4) is 0 Å². The standard InChI is InChI=1S/C28H35N5O5/c34-25(32-23(28(37)38)16-20-9-4-12-29-18-20)17-21(15-19-7-2-1-3-8-19)31-26(35)24-11-6-14-33(24)27(36)22-10-5-13-30-22/h1-4,7-9,12,18,21-24,30H,5-6,10-11,13-17H2,(H,31,35)(H,32,34)(H,37,38)/t21-,22-,23-,24-/m0/s1. The van der Waals surface area contributed by atoms with Gasteiger partial charge < -0.3 is 26.0 Å². The Balaban J connectivity index is 1.42. The second-order valence-electron chi connectivity index (χ2n) is 9.96. The predicted molar refractivity (Wildman–Crippen MR) is 140 cm³/mol. The summed E-state index contributed by atoms with van der Waals surface area (Å²) in [5.74, 6) is -1.95. The number of pyridine rings is 1. The molecule has 0 radical (unpaired) electrons. The lowest BCUT2D eigenvalue weighted by atomic mass is 10.0. The van der Waals surface area contributed by atoms with Gasteiger partial charge in [0.2, 0.25) is 17.7 Å². The molecule has 2 fully saturated rings. The first kappa shape index (κ1) is 27.3. The molecule has 1 aromatic carbocycles. The smallest absolute Gasteiger partial charge is 0.326 e. The summed E-state index contributed by atoms with van der Waals surface area (Å²) < 4.78 is 0. The molecule has 4 atom stereocenters. The quantitative estimate of drug-likeness (QED) is 0.346. The van der Waals surface area contributed by atoms with E-state index in [1.807, 2.05) is 30.3 Å². The first-order valence-corrected chi connectivity index (χ1v) is 13.2. The highest BCUT2D eigenvalue weighted by atomic mass is 16.4. The monoisotopic (exact) mass is 521 g/mol. The number of aliphatic carboxylic acids is 1. The molecule has 2 saturated heterocycles. The normalized spacial score (nSPS) is 20.5. The van der Waals surface area contributed by atoms with Gasteiger partial charge in [-0.3, -0.25) is 19.4 Å².